The molecule has 1 N–H and O–H groups in total. The third-order valence-corrected chi connectivity index (χ3v) is 3.33. The second-order valence-corrected chi connectivity index (χ2v) is 4.69. The van der Waals surface area contributed by atoms with Crippen LogP contribution in [0.4, 0.5) is 0 Å². The SMILES string of the molecule is CCNC(COC)Cc1nn(CC)c2ccccc12. The Morgan fingerprint density at radius 3 is 2.79 bits per heavy atom. The molecule has 0 aliphatic carbocycles. The first kappa shape index (κ1) is 14.0. The summed E-state index contributed by atoms with van der Waals surface area (Å²) in [4.78, 5) is 0. The van der Waals surface area contributed by atoms with Crippen molar-refractivity contribution in [2.24, 2.45) is 0 Å². The Labute approximate surface area is 114 Å². The van der Waals surface area contributed by atoms with Crippen LogP contribution in [-0.4, -0.2) is 36.1 Å². The molecule has 0 saturated carbocycles. The number of fused-ring (bicyclic) bond motifs is 1. The van der Waals surface area contributed by atoms with Crippen molar-refractivity contribution in [3.63, 3.8) is 0 Å². The molecule has 1 aromatic heterocycles. The Morgan fingerprint density at radius 2 is 2.11 bits per heavy atom. The van der Waals surface area contributed by atoms with Crippen molar-refractivity contribution >= 4 is 10.9 Å². The molecule has 0 saturated heterocycles. The van der Waals surface area contributed by atoms with Gasteiger partial charge in [0.1, 0.15) is 0 Å². The minimum Gasteiger partial charge on any atom is -0.383 e. The van der Waals surface area contributed by atoms with E-state index in [2.05, 4.69) is 48.1 Å². The first-order chi connectivity index (χ1) is 9.30. The molecule has 0 fully saturated rings. The van der Waals surface area contributed by atoms with Gasteiger partial charge in [0.05, 0.1) is 17.8 Å². The number of methoxy groups -OCH3 is 1. The van der Waals surface area contributed by atoms with E-state index in [1.165, 1.54) is 10.9 Å². The average Bonchev–Trinajstić information content (AvgIpc) is 2.78. The molecule has 0 bridgehead atoms. The summed E-state index contributed by atoms with van der Waals surface area (Å²) in [7, 11) is 1.74. The van der Waals surface area contributed by atoms with Gasteiger partial charge in [-0.2, -0.15) is 5.10 Å². The van der Waals surface area contributed by atoms with Gasteiger partial charge >= 0.3 is 0 Å². The summed E-state index contributed by atoms with van der Waals surface area (Å²) >= 11 is 0. The molecule has 0 amide bonds. The highest BCUT2D eigenvalue weighted by molar-refractivity contribution is 5.82. The molecule has 0 aliphatic heterocycles. The van der Waals surface area contributed by atoms with E-state index in [9.17, 15) is 0 Å². The zero-order valence-corrected chi connectivity index (χ0v) is 12.0. The van der Waals surface area contributed by atoms with Crippen molar-refractivity contribution in [3.05, 3.63) is 30.0 Å². The molecule has 19 heavy (non-hydrogen) atoms. The smallest absolute Gasteiger partial charge is 0.0719 e. The molecule has 1 heterocycles. The minimum absolute atomic E-state index is 0.318. The maximum Gasteiger partial charge on any atom is 0.0719 e. The third kappa shape index (κ3) is 3.14. The van der Waals surface area contributed by atoms with Crippen LogP contribution in [0.25, 0.3) is 10.9 Å². The summed E-state index contributed by atoms with van der Waals surface area (Å²) in [6, 6.07) is 8.75. The van der Waals surface area contributed by atoms with Crippen molar-refractivity contribution in [2.45, 2.75) is 32.9 Å². The number of nitrogens with zero attached hydrogens (tertiary/aromatic N) is 2. The second kappa shape index (κ2) is 6.68. The van der Waals surface area contributed by atoms with E-state index in [1.54, 1.807) is 7.11 Å². The van der Waals surface area contributed by atoms with Crippen LogP contribution in [0.5, 0.6) is 0 Å². The fraction of sp³-hybridized carbons (Fsp3) is 0.533. The van der Waals surface area contributed by atoms with Gasteiger partial charge in [-0.25, -0.2) is 0 Å². The van der Waals surface area contributed by atoms with Crippen molar-refractivity contribution in [1.29, 1.82) is 0 Å². The molecule has 1 unspecified atom stereocenters. The van der Waals surface area contributed by atoms with Gasteiger partial charge in [0.25, 0.3) is 0 Å². The number of aryl methyl sites for hydroxylation is 1. The molecule has 4 heteroatoms. The summed E-state index contributed by atoms with van der Waals surface area (Å²) in [6.07, 6.45) is 0.898. The molecule has 1 atom stereocenters. The van der Waals surface area contributed by atoms with E-state index < -0.39 is 0 Å². The number of nitrogens with one attached hydrogen (secondary N) is 1. The van der Waals surface area contributed by atoms with Gasteiger partial charge in [0, 0.05) is 31.5 Å². The van der Waals surface area contributed by atoms with Crippen LogP contribution in [0, 0.1) is 0 Å². The van der Waals surface area contributed by atoms with E-state index in [4.69, 9.17) is 9.84 Å². The lowest BCUT2D eigenvalue weighted by molar-refractivity contribution is 0.166. The van der Waals surface area contributed by atoms with E-state index in [-0.39, 0.29) is 0 Å². The van der Waals surface area contributed by atoms with E-state index in [1.807, 2.05) is 0 Å². The lowest BCUT2D eigenvalue weighted by atomic mass is 10.1. The summed E-state index contributed by atoms with van der Waals surface area (Å²) < 4.78 is 7.35. The lowest BCUT2D eigenvalue weighted by Crippen LogP contribution is -2.35. The molecule has 104 valence electrons. The zero-order chi connectivity index (χ0) is 13.7. The molecule has 1 aromatic carbocycles. The fourth-order valence-electron chi connectivity index (χ4n) is 2.50. The fourth-order valence-corrected chi connectivity index (χ4v) is 2.50. The number of likely N-dealkylation sites (N-methyl/N-ethyl adjacent to an activating group) is 1. The van der Waals surface area contributed by atoms with Crippen molar-refractivity contribution < 1.29 is 4.74 Å². The Bertz CT molecular complexity index is 515. The average molecular weight is 261 g/mol. The van der Waals surface area contributed by atoms with Crippen LogP contribution in [0.2, 0.25) is 0 Å². The van der Waals surface area contributed by atoms with E-state index >= 15 is 0 Å². The summed E-state index contributed by atoms with van der Waals surface area (Å²) in [6.45, 7) is 6.80. The van der Waals surface area contributed by atoms with E-state index in [0.717, 1.165) is 25.2 Å². The highest BCUT2D eigenvalue weighted by Crippen LogP contribution is 2.19. The van der Waals surface area contributed by atoms with Gasteiger partial charge in [0.15, 0.2) is 0 Å². The van der Waals surface area contributed by atoms with Crippen LogP contribution in [0.1, 0.15) is 19.5 Å². The van der Waals surface area contributed by atoms with Gasteiger partial charge in [-0.05, 0) is 19.5 Å². The van der Waals surface area contributed by atoms with Gasteiger partial charge in [-0.3, -0.25) is 4.68 Å². The van der Waals surface area contributed by atoms with Gasteiger partial charge in [-0.15, -0.1) is 0 Å². The van der Waals surface area contributed by atoms with Crippen LogP contribution >= 0.6 is 0 Å². The Morgan fingerprint density at radius 1 is 1.32 bits per heavy atom. The van der Waals surface area contributed by atoms with Gasteiger partial charge in [-0.1, -0.05) is 25.1 Å². The normalized spacial score (nSPS) is 13.0. The molecular weight excluding hydrogens is 238 g/mol. The largest absolute Gasteiger partial charge is 0.383 e. The quantitative estimate of drug-likeness (QED) is 0.830. The van der Waals surface area contributed by atoms with Gasteiger partial charge in [0.2, 0.25) is 0 Å². The number of aromatic nitrogens is 2. The topological polar surface area (TPSA) is 39.1 Å². The predicted octanol–water partition coefficient (Wildman–Crippen LogP) is 2.22. The lowest BCUT2D eigenvalue weighted by Gasteiger charge is -2.15. The molecule has 0 aliphatic rings. The van der Waals surface area contributed by atoms with Crippen molar-refractivity contribution in [3.8, 4) is 0 Å². The predicted molar refractivity (Wildman–Crippen MR) is 78.5 cm³/mol. The minimum atomic E-state index is 0.318. The summed E-state index contributed by atoms with van der Waals surface area (Å²) in [5.74, 6) is 0. The molecule has 0 spiro atoms. The number of para-hydroxylation sites is 1. The number of hydrogen-bond acceptors (Lipinski definition) is 3. The molecule has 2 rings (SSSR count). The number of ether oxygens (including phenoxy) is 1. The molecular formula is C15H23N3O. The first-order valence-corrected chi connectivity index (χ1v) is 6.96. The van der Waals surface area contributed by atoms with Crippen LogP contribution in [0.3, 0.4) is 0 Å². The summed E-state index contributed by atoms with van der Waals surface area (Å²) in [5.41, 5.74) is 2.37. The molecule has 0 radical (unpaired) electrons. The van der Waals surface area contributed by atoms with E-state index in [0.29, 0.717) is 12.6 Å². The maximum absolute atomic E-state index is 5.28. The second-order valence-electron chi connectivity index (χ2n) is 4.69. The van der Waals surface area contributed by atoms with Crippen LogP contribution in [0.15, 0.2) is 24.3 Å². The Hall–Kier alpha value is -1.39. The highest BCUT2D eigenvalue weighted by Gasteiger charge is 2.14. The standard InChI is InChI=1S/C15H23N3O/c1-4-16-12(11-19-3)10-14-13-8-6-7-9-15(13)18(5-2)17-14/h6-9,12,16H,4-5,10-11H2,1-3H3. The number of rotatable bonds is 7. The van der Waals surface area contributed by atoms with Crippen LogP contribution < -0.4 is 5.32 Å². The highest BCUT2D eigenvalue weighted by atomic mass is 16.5. The molecule has 4 nitrogen and oxygen atoms in total. The first-order valence-electron chi connectivity index (χ1n) is 6.96. The van der Waals surface area contributed by atoms with Crippen molar-refractivity contribution in [1.82, 2.24) is 15.1 Å². The Balaban J connectivity index is 2.28. The number of hydrogen-bond donors (Lipinski definition) is 1. The maximum atomic E-state index is 5.28. The van der Waals surface area contributed by atoms with Gasteiger partial charge < -0.3 is 10.1 Å². The monoisotopic (exact) mass is 261 g/mol. The Kier molecular flexibility index (Phi) is 4.93. The molecule has 2 aromatic rings. The number of benzene rings is 1. The van der Waals surface area contributed by atoms with Crippen LogP contribution in [-0.2, 0) is 17.7 Å². The van der Waals surface area contributed by atoms with Crippen molar-refractivity contribution in [2.75, 3.05) is 20.3 Å². The summed E-state index contributed by atoms with van der Waals surface area (Å²) in [5, 5.41) is 9.44. The third-order valence-electron chi connectivity index (χ3n) is 3.33. The zero-order valence-electron chi connectivity index (χ0n) is 12.0.